The van der Waals surface area contributed by atoms with Gasteiger partial charge in [-0.25, -0.2) is 8.78 Å². The monoisotopic (exact) mass is 452 g/mol. The van der Waals surface area contributed by atoms with Crippen LogP contribution in [0.25, 0.3) is 0 Å². The van der Waals surface area contributed by atoms with Gasteiger partial charge in [0.25, 0.3) is 0 Å². The lowest BCUT2D eigenvalue weighted by Crippen LogP contribution is -2.26. The Morgan fingerprint density at radius 1 is 0.839 bits per heavy atom. The molecule has 0 spiro atoms. The molecule has 1 aromatic carbocycles. The van der Waals surface area contributed by atoms with E-state index in [-0.39, 0.29) is 6.67 Å². The van der Waals surface area contributed by atoms with Crippen LogP contribution in [0.3, 0.4) is 0 Å². The van der Waals surface area contributed by atoms with E-state index in [1.165, 1.54) is 64.2 Å². The first-order chi connectivity index (χ1) is 14.7. The van der Waals surface area contributed by atoms with Crippen LogP contribution in [0.5, 0.6) is 5.75 Å². The van der Waals surface area contributed by atoms with Crippen molar-refractivity contribution in [3.05, 3.63) is 29.8 Å². The number of ether oxygens (including phenoxy) is 1. The number of alkyl halides is 4. The largest absolute Gasteiger partial charge is 0.573 e. The molecule has 0 saturated heterocycles. The first-order valence-corrected chi connectivity index (χ1v) is 11.5. The standard InChI is InChI=1S/C17H31F.C7H3F5O/c1-2-3-14-4-8-16(9-5-14)17-10-6-15(7-11-17)12-13-18;8-4-1-2-6(5(9)3-4)13-7(10,11)12/h14-17H,2-13H2,1H3;1-3H. The summed E-state index contributed by atoms with van der Waals surface area (Å²) in [7, 11) is 0. The SMILES string of the molecule is CCCC1CCC(C2CCC(CCF)CC2)CC1.Fc1ccc(OC(F)(F)F)c(F)c1. The molecule has 0 aromatic heterocycles. The summed E-state index contributed by atoms with van der Waals surface area (Å²) >= 11 is 0. The topological polar surface area (TPSA) is 9.23 Å². The van der Waals surface area contributed by atoms with Crippen LogP contribution < -0.4 is 4.74 Å². The van der Waals surface area contributed by atoms with E-state index >= 15 is 0 Å². The van der Waals surface area contributed by atoms with Gasteiger partial charge in [0.2, 0.25) is 0 Å². The fourth-order valence-electron chi connectivity index (χ4n) is 5.14. The predicted octanol–water partition coefficient (Wildman–Crippen LogP) is 8.62. The van der Waals surface area contributed by atoms with E-state index in [9.17, 15) is 26.3 Å². The van der Waals surface area contributed by atoms with Crippen LogP contribution in [0, 0.1) is 35.3 Å². The third kappa shape index (κ3) is 9.32. The number of halogens is 6. The van der Waals surface area contributed by atoms with Crippen LogP contribution >= 0.6 is 0 Å². The third-order valence-electron chi connectivity index (χ3n) is 6.78. The van der Waals surface area contributed by atoms with Crippen LogP contribution in [0.15, 0.2) is 18.2 Å². The second-order valence-corrected chi connectivity index (χ2v) is 8.95. The molecular formula is C24H34F6O. The number of hydrogen-bond acceptors (Lipinski definition) is 1. The van der Waals surface area contributed by atoms with Gasteiger partial charge in [0, 0.05) is 6.07 Å². The maximum Gasteiger partial charge on any atom is 0.573 e. The zero-order valence-electron chi connectivity index (χ0n) is 18.2. The van der Waals surface area contributed by atoms with Gasteiger partial charge in [-0.15, -0.1) is 13.2 Å². The molecule has 2 saturated carbocycles. The second-order valence-electron chi connectivity index (χ2n) is 8.95. The van der Waals surface area contributed by atoms with Crippen LogP contribution in [-0.4, -0.2) is 13.0 Å². The molecule has 0 amide bonds. The minimum atomic E-state index is -4.97. The minimum absolute atomic E-state index is 0.0997. The summed E-state index contributed by atoms with van der Waals surface area (Å²) in [5.41, 5.74) is 0. The molecule has 0 atom stereocenters. The highest BCUT2D eigenvalue weighted by Crippen LogP contribution is 2.42. The van der Waals surface area contributed by atoms with Crippen LogP contribution in [0.2, 0.25) is 0 Å². The maximum atomic E-state index is 12.5. The molecule has 2 fully saturated rings. The van der Waals surface area contributed by atoms with Crippen LogP contribution in [-0.2, 0) is 0 Å². The van der Waals surface area contributed by atoms with Crippen molar-refractivity contribution in [1.29, 1.82) is 0 Å². The van der Waals surface area contributed by atoms with Crippen molar-refractivity contribution in [3.63, 3.8) is 0 Å². The van der Waals surface area contributed by atoms with E-state index < -0.39 is 23.7 Å². The Morgan fingerprint density at radius 2 is 1.35 bits per heavy atom. The summed E-state index contributed by atoms with van der Waals surface area (Å²) in [4.78, 5) is 0. The summed E-state index contributed by atoms with van der Waals surface area (Å²) < 4.78 is 74.9. The van der Waals surface area contributed by atoms with E-state index in [0.29, 0.717) is 24.1 Å². The van der Waals surface area contributed by atoms with E-state index in [1.807, 2.05) is 0 Å². The zero-order chi connectivity index (χ0) is 22.9. The molecule has 31 heavy (non-hydrogen) atoms. The first kappa shape index (κ1) is 25.9. The van der Waals surface area contributed by atoms with Crippen molar-refractivity contribution >= 4 is 0 Å². The Hall–Kier alpha value is -1.40. The highest BCUT2D eigenvalue weighted by molar-refractivity contribution is 5.24. The zero-order valence-corrected chi connectivity index (χ0v) is 18.2. The molecule has 0 N–H and O–H groups in total. The Labute approximate surface area is 181 Å². The normalized spacial score (nSPS) is 26.7. The molecule has 2 aliphatic carbocycles. The van der Waals surface area contributed by atoms with Crippen molar-refractivity contribution < 1.29 is 31.1 Å². The average Bonchev–Trinajstić information content (AvgIpc) is 2.72. The lowest BCUT2D eigenvalue weighted by atomic mass is 9.68. The average molecular weight is 453 g/mol. The van der Waals surface area contributed by atoms with Crippen molar-refractivity contribution in [1.82, 2.24) is 0 Å². The molecule has 2 aliphatic rings. The van der Waals surface area contributed by atoms with Gasteiger partial charge in [0.15, 0.2) is 11.6 Å². The quantitative estimate of drug-likeness (QED) is 0.393. The lowest BCUT2D eigenvalue weighted by molar-refractivity contribution is -0.275. The van der Waals surface area contributed by atoms with Crippen molar-refractivity contribution in [2.75, 3.05) is 6.67 Å². The number of benzene rings is 1. The van der Waals surface area contributed by atoms with Gasteiger partial charge in [-0.2, -0.15) is 0 Å². The van der Waals surface area contributed by atoms with Crippen molar-refractivity contribution in [2.45, 2.75) is 83.9 Å². The highest BCUT2D eigenvalue weighted by atomic mass is 19.4. The summed E-state index contributed by atoms with van der Waals surface area (Å²) in [6.07, 6.45) is 10.0. The maximum absolute atomic E-state index is 12.5. The molecule has 1 aromatic rings. The van der Waals surface area contributed by atoms with E-state index in [2.05, 4.69) is 11.7 Å². The number of rotatable bonds is 6. The molecule has 7 heteroatoms. The Bertz CT molecular complexity index is 607. The summed E-state index contributed by atoms with van der Waals surface area (Å²) in [6, 6.07) is 1.55. The van der Waals surface area contributed by atoms with Gasteiger partial charge in [-0.3, -0.25) is 4.39 Å². The first-order valence-electron chi connectivity index (χ1n) is 11.5. The van der Waals surface area contributed by atoms with E-state index in [1.54, 1.807) is 0 Å². The minimum Gasteiger partial charge on any atom is -0.403 e. The van der Waals surface area contributed by atoms with Gasteiger partial charge in [-0.05, 0) is 67.9 Å². The molecular weight excluding hydrogens is 418 g/mol. The molecule has 0 unspecified atom stereocenters. The van der Waals surface area contributed by atoms with Gasteiger partial charge < -0.3 is 4.74 Å². The van der Waals surface area contributed by atoms with E-state index in [0.717, 1.165) is 24.2 Å². The predicted molar refractivity (Wildman–Crippen MR) is 109 cm³/mol. The Morgan fingerprint density at radius 3 is 1.77 bits per heavy atom. The van der Waals surface area contributed by atoms with Crippen LogP contribution in [0.1, 0.15) is 77.6 Å². The summed E-state index contributed by atoms with van der Waals surface area (Å²) in [5, 5.41) is 0. The summed E-state index contributed by atoms with van der Waals surface area (Å²) in [5.74, 6) is 0.350. The van der Waals surface area contributed by atoms with Gasteiger partial charge >= 0.3 is 6.36 Å². The molecule has 0 bridgehead atoms. The molecule has 178 valence electrons. The smallest absolute Gasteiger partial charge is 0.403 e. The molecule has 3 rings (SSSR count). The van der Waals surface area contributed by atoms with Crippen molar-refractivity contribution in [2.24, 2.45) is 23.7 Å². The van der Waals surface area contributed by atoms with Crippen LogP contribution in [0.4, 0.5) is 26.3 Å². The van der Waals surface area contributed by atoms with Gasteiger partial charge in [-0.1, -0.05) is 45.4 Å². The fraction of sp³-hybridized carbons (Fsp3) is 0.750. The summed E-state index contributed by atoms with van der Waals surface area (Å²) in [6.45, 7) is 2.22. The Kier molecular flexibility index (Phi) is 10.5. The highest BCUT2D eigenvalue weighted by Gasteiger charge is 2.32. The third-order valence-corrected chi connectivity index (χ3v) is 6.78. The molecule has 0 aliphatic heterocycles. The molecule has 1 nitrogen and oxygen atoms in total. The second kappa shape index (κ2) is 12.6. The van der Waals surface area contributed by atoms with Gasteiger partial charge in [0.1, 0.15) is 5.82 Å². The van der Waals surface area contributed by atoms with E-state index in [4.69, 9.17) is 0 Å². The Balaban J connectivity index is 0.000000233. The van der Waals surface area contributed by atoms with Crippen molar-refractivity contribution in [3.8, 4) is 5.75 Å². The molecule has 0 radical (unpaired) electrons. The lowest BCUT2D eigenvalue weighted by Gasteiger charge is -2.37. The fourth-order valence-corrected chi connectivity index (χ4v) is 5.14. The molecule has 0 heterocycles. The van der Waals surface area contributed by atoms with Gasteiger partial charge in [0.05, 0.1) is 6.67 Å². The number of hydrogen-bond donors (Lipinski definition) is 0.